The van der Waals surface area contributed by atoms with Gasteiger partial charge in [-0.2, -0.15) is 0 Å². The summed E-state index contributed by atoms with van der Waals surface area (Å²) in [6.45, 7) is 5.55. The Balaban J connectivity index is 1.77. The molecular weight excluding hydrogens is 246 g/mol. The predicted octanol–water partition coefficient (Wildman–Crippen LogP) is 1.96. The first-order valence-electron chi connectivity index (χ1n) is 7.82. The van der Waals surface area contributed by atoms with E-state index in [2.05, 4.69) is 48.2 Å². The largest absolute Gasteiger partial charge is 0.330 e. The molecule has 112 valence electrons. The quantitative estimate of drug-likeness (QED) is 0.861. The van der Waals surface area contributed by atoms with Gasteiger partial charge in [0.25, 0.3) is 0 Å². The van der Waals surface area contributed by atoms with Crippen LogP contribution in [0.25, 0.3) is 0 Å². The van der Waals surface area contributed by atoms with E-state index < -0.39 is 0 Å². The second-order valence-electron chi connectivity index (χ2n) is 6.34. The molecule has 3 nitrogen and oxygen atoms in total. The molecule has 2 N–H and O–H groups in total. The third-order valence-electron chi connectivity index (χ3n) is 4.19. The molecule has 0 saturated carbocycles. The molecule has 1 aliphatic heterocycles. The SMILES string of the molecule is CN(C)CC1CCN(Cc2ccc(CCN)cc2)CC1. The summed E-state index contributed by atoms with van der Waals surface area (Å²) < 4.78 is 0. The van der Waals surface area contributed by atoms with Gasteiger partial charge < -0.3 is 10.6 Å². The Morgan fingerprint density at radius 2 is 1.70 bits per heavy atom. The van der Waals surface area contributed by atoms with Crippen LogP contribution in [0.2, 0.25) is 0 Å². The van der Waals surface area contributed by atoms with E-state index in [1.54, 1.807) is 0 Å². The van der Waals surface area contributed by atoms with Gasteiger partial charge in [-0.3, -0.25) is 4.90 Å². The average molecular weight is 275 g/mol. The highest BCUT2D eigenvalue weighted by atomic mass is 15.1. The summed E-state index contributed by atoms with van der Waals surface area (Å²) >= 11 is 0. The number of nitrogens with zero attached hydrogens (tertiary/aromatic N) is 2. The Morgan fingerprint density at radius 3 is 2.25 bits per heavy atom. The van der Waals surface area contributed by atoms with Crippen LogP contribution in [-0.4, -0.2) is 50.1 Å². The van der Waals surface area contributed by atoms with Gasteiger partial charge in [-0.1, -0.05) is 24.3 Å². The monoisotopic (exact) mass is 275 g/mol. The smallest absolute Gasteiger partial charge is 0.0233 e. The van der Waals surface area contributed by atoms with Crippen LogP contribution in [0, 0.1) is 5.92 Å². The zero-order valence-electron chi connectivity index (χ0n) is 13.0. The molecule has 2 rings (SSSR count). The summed E-state index contributed by atoms with van der Waals surface area (Å²) in [7, 11) is 4.35. The highest BCUT2D eigenvalue weighted by Crippen LogP contribution is 2.19. The molecule has 3 heteroatoms. The molecule has 1 aromatic rings. The Kier molecular flexibility index (Phi) is 6.02. The van der Waals surface area contributed by atoms with Crippen molar-refractivity contribution in [3.8, 4) is 0 Å². The summed E-state index contributed by atoms with van der Waals surface area (Å²) in [5.74, 6) is 0.883. The molecule has 1 aliphatic rings. The van der Waals surface area contributed by atoms with Gasteiger partial charge in [-0.25, -0.2) is 0 Å². The standard InChI is InChI=1S/C17H29N3/c1-19(2)13-17-8-11-20(12-9-17)14-16-5-3-15(4-6-16)7-10-18/h3-6,17H,7-14,18H2,1-2H3. The van der Waals surface area contributed by atoms with E-state index >= 15 is 0 Å². The van der Waals surface area contributed by atoms with Crippen molar-refractivity contribution < 1.29 is 0 Å². The fourth-order valence-corrected chi connectivity index (χ4v) is 3.08. The van der Waals surface area contributed by atoms with Gasteiger partial charge in [-0.15, -0.1) is 0 Å². The van der Waals surface area contributed by atoms with Crippen LogP contribution < -0.4 is 5.73 Å². The fourth-order valence-electron chi connectivity index (χ4n) is 3.08. The lowest BCUT2D eigenvalue weighted by Crippen LogP contribution is -2.36. The number of hydrogen-bond acceptors (Lipinski definition) is 3. The molecule has 0 unspecified atom stereocenters. The molecule has 0 aliphatic carbocycles. The first-order valence-corrected chi connectivity index (χ1v) is 7.82. The molecule has 0 aromatic heterocycles. The molecule has 0 radical (unpaired) electrons. The molecule has 0 atom stereocenters. The van der Waals surface area contributed by atoms with E-state index in [0.717, 1.165) is 25.4 Å². The number of hydrogen-bond donors (Lipinski definition) is 1. The minimum atomic E-state index is 0.735. The van der Waals surface area contributed by atoms with Crippen molar-refractivity contribution in [2.24, 2.45) is 11.7 Å². The first-order chi connectivity index (χ1) is 9.67. The maximum absolute atomic E-state index is 5.58. The molecular formula is C17H29N3. The zero-order chi connectivity index (χ0) is 14.4. The van der Waals surface area contributed by atoms with E-state index in [4.69, 9.17) is 5.73 Å². The normalized spacial score (nSPS) is 17.8. The number of piperidine rings is 1. The summed E-state index contributed by atoms with van der Waals surface area (Å²) in [6, 6.07) is 8.97. The fraction of sp³-hybridized carbons (Fsp3) is 0.647. The van der Waals surface area contributed by atoms with E-state index in [-0.39, 0.29) is 0 Å². The Labute approximate surface area is 123 Å². The van der Waals surface area contributed by atoms with Gasteiger partial charge in [0.1, 0.15) is 0 Å². The number of rotatable bonds is 6. The second-order valence-corrected chi connectivity index (χ2v) is 6.34. The van der Waals surface area contributed by atoms with Crippen molar-refractivity contribution in [2.45, 2.75) is 25.8 Å². The van der Waals surface area contributed by atoms with Crippen LogP contribution in [0.4, 0.5) is 0 Å². The summed E-state index contributed by atoms with van der Waals surface area (Å²) in [6.07, 6.45) is 3.66. The van der Waals surface area contributed by atoms with Crippen LogP contribution >= 0.6 is 0 Å². The molecule has 1 saturated heterocycles. The lowest BCUT2D eigenvalue weighted by atomic mass is 9.96. The van der Waals surface area contributed by atoms with Crippen molar-refractivity contribution in [1.29, 1.82) is 0 Å². The van der Waals surface area contributed by atoms with Gasteiger partial charge in [0, 0.05) is 13.1 Å². The third-order valence-corrected chi connectivity index (χ3v) is 4.19. The second kappa shape index (κ2) is 7.77. The maximum Gasteiger partial charge on any atom is 0.0233 e. The van der Waals surface area contributed by atoms with Crippen LogP contribution in [0.1, 0.15) is 24.0 Å². The highest BCUT2D eigenvalue weighted by molar-refractivity contribution is 5.22. The molecule has 0 amide bonds. The van der Waals surface area contributed by atoms with Gasteiger partial charge >= 0.3 is 0 Å². The van der Waals surface area contributed by atoms with E-state index in [1.807, 2.05) is 0 Å². The third kappa shape index (κ3) is 4.89. The lowest BCUT2D eigenvalue weighted by Gasteiger charge is -2.33. The van der Waals surface area contributed by atoms with Crippen molar-refractivity contribution in [2.75, 3.05) is 40.3 Å². The highest BCUT2D eigenvalue weighted by Gasteiger charge is 2.19. The van der Waals surface area contributed by atoms with Gasteiger partial charge in [0.2, 0.25) is 0 Å². The van der Waals surface area contributed by atoms with Crippen molar-refractivity contribution in [3.05, 3.63) is 35.4 Å². The van der Waals surface area contributed by atoms with Crippen molar-refractivity contribution in [3.63, 3.8) is 0 Å². The lowest BCUT2D eigenvalue weighted by molar-refractivity contribution is 0.157. The minimum absolute atomic E-state index is 0.735. The topological polar surface area (TPSA) is 32.5 Å². The van der Waals surface area contributed by atoms with Gasteiger partial charge in [-0.05, 0) is 70.0 Å². The van der Waals surface area contributed by atoms with E-state index in [0.29, 0.717) is 0 Å². The van der Waals surface area contributed by atoms with E-state index in [9.17, 15) is 0 Å². The van der Waals surface area contributed by atoms with Crippen LogP contribution in [0.15, 0.2) is 24.3 Å². The predicted molar refractivity (Wildman–Crippen MR) is 85.8 cm³/mol. The van der Waals surface area contributed by atoms with E-state index in [1.165, 1.54) is 43.6 Å². The molecule has 1 fully saturated rings. The summed E-state index contributed by atoms with van der Waals surface area (Å²) in [5.41, 5.74) is 8.36. The molecule has 0 spiro atoms. The molecule has 1 heterocycles. The maximum atomic E-state index is 5.58. The van der Waals surface area contributed by atoms with Gasteiger partial charge in [0.15, 0.2) is 0 Å². The molecule has 20 heavy (non-hydrogen) atoms. The zero-order valence-corrected chi connectivity index (χ0v) is 13.0. The first kappa shape index (κ1) is 15.5. The summed E-state index contributed by atoms with van der Waals surface area (Å²) in [4.78, 5) is 4.90. The Hall–Kier alpha value is -0.900. The average Bonchev–Trinajstić information content (AvgIpc) is 2.43. The van der Waals surface area contributed by atoms with Crippen molar-refractivity contribution >= 4 is 0 Å². The van der Waals surface area contributed by atoms with Crippen LogP contribution in [0.5, 0.6) is 0 Å². The molecule has 1 aromatic carbocycles. The van der Waals surface area contributed by atoms with Crippen LogP contribution in [-0.2, 0) is 13.0 Å². The molecule has 0 bridgehead atoms. The number of likely N-dealkylation sites (tertiary alicyclic amines) is 1. The van der Waals surface area contributed by atoms with Gasteiger partial charge in [0.05, 0.1) is 0 Å². The Morgan fingerprint density at radius 1 is 1.10 bits per heavy atom. The van der Waals surface area contributed by atoms with Crippen molar-refractivity contribution in [1.82, 2.24) is 9.80 Å². The number of benzene rings is 1. The minimum Gasteiger partial charge on any atom is -0.330 e. The summed E-state index contributed by atoms with van der Waals surface area (Å²) in [5, 5.41) is 0. The number of nitrogens with two attached hydrogens (primary N) is 1. The Bertz CT molecular complexity index is 378. The van der Waals surface area contributed by atoms with Crippen LogP contribution in [0.3, 0.4) is 0 Å².